The molecular formula is C23H29F3N6O. The molecule has 7 nitrogen and oxygen atoms in total. The van der Waals surface area contributed by atoms with Crippen LogP contribution in [0.15, 0.2) is 12.1 Å². The molecule has 5 fully saturated rings. The highest BCUT2D eigenvalue weighted by Crippen LogP contribution is 2.59. The van der Waals surface area contributed by atoms with E-state index in [-0.39, 0.29) is 17.5 Å². The van der Waals surface area contributed by atoms with E-state index >= 15 is 0 Å². The molecule has 7 rings (SSSR count). The van der Waals surface area contributed by atoms with Crippen molar-refractivity contribution in [3.8, 4) is 0 Å². The van der Waals surface area contributed by atoms with Gasteiger partial charge < -0.3 is 10.2 Å². The van der Waals surface area contributed by atoms with Crippen molar-refractivity contribution in [2.24, 2.45) is 29.1 Å². The van der Waals surface area contributed by atoms with Gasteiger partial charge in [-0.3, -0.25) is 4.79 Å². The number of piperidine rings is 1. The molecule has 1 amide bonds. The van der Waals surface area contributed by atoms with Gasteiger partial charge in [0.25, 0.3) is 5.82 Å². The molecule has 4 aliphatic carbocycles. The Balaban J connectivity index is 1.07. The first kappa shape index (κ1) is 21.2. The molecule has 4 bridgehead atoms. The monoisotopic (exact) mass is 462 g/mol. The Kier molecular flexibility index (Phi) is 4.85. The van der Waals surface area contributed by atoms with Crippen molar-refractivity contribution in [2.75, 3.05) is 24.5 Å². The molecule has 33 heavy (non-hydrogen) atoms. The van der Waals surface area contributed by atoms with E-state index in [1.807, 2.05) is 4.90 Å². The summed E-state index contributed by atoms with van der Waals surface area (Å²) in [6.45, 7) is 1.97. The summed E-state index contributed by atoms with van der Waals surface area (Å²) in [5, 5.41) is 14.2. The molecule has 0 atom stereocenters. The molecule has 0 radical (unpaired) electrons. The van der Waals surface area contributed by atoms with Gasteiger partial charge in [0.15, 0.2) is 5.65 Å². The average molecular weight is 463 g/mol. The molecule has 0 spiro atoms. The highest BCUT2D eigenvalue weighted by molar-refractivity contribution is 5.79. The number of anilines is 1. The van der Waals surface area contributed by atoms with Crippen LogP contribution in [-0.2, 0) is 11.0 Å². The van der Waals surface area contributed by atoms with Gasteiger partial charge in [-0.25, -0.2) is 0 Å². The molecule has 0 unspecified atom stereocenters. The third-order valence-electron chi connectivity index (χ3n) is 8.49. The molecule has 1 saturated heterocycles. The Hall–Kier alpha value is -2.39. The fourth-order valence-electron chi connectivity index (χ4n) is 7.42. The van der Waals surface area contributed by atoms with Crippen LogP contribution < -0.4 is 10.2 Å². The number of nitrogens with zero attached hydrogens (tertiary/aromatic N) is 5. The molecular weight excluding hydrogens is 433 g/mol. The second-order valence-corrected chi connectivity index (χ2v) is 10.9. The van der Waals surface area contributed by atoms with Gasteiger partial charge in [0.2, 0.25) is 5.91 Å². The fraction of sp³-hybridized carbons (Fsp3) is 0.739. The maximum absolute atomic E-state index is 13.2. The van der Waals surface area contributed by atoms with Gasteiger partial charge in [-0.15, -0.1) is 15.3 Å². The highest BCUT2D eigenvalue weighted by atomic mass is 19.4. The van der Waals surface area contributed by atoms with E-state index in [9.17, 15) is 18.0 Å². The number of nitrogens with one attached hydrogen (secondary N) is 1. The summed E-state index contributed by atoms with van der Waals surface area (Å²) in [5.41, 5.74) is 0.379. The number of aromatic nitrogens is 4. The second-order valence-electron chi connectivity index (χ2n) is 10.9. The third kappa shape index (κ3) is 3.85. The lowest BCUT2D eigenvalue weighted by molar-refractivity contribution is -0.146. The van der Waals surface area contributed by atoms with Crippen LogP contribution in [0, 0.1) is 29.1 Å². The normalized spacial score (nSPS) is 32.0. The largest absolute Gasteiger partial charge is 0.453 e. The van der Waals surface area contributed by atoms with Crippen molar-refractivity contribution < 1.29 is 18.0 Å². The first-order valence-corrected chi connectivity index (χ1v) is 12.1. The Morgan fingerprint density at radius 2 is 1.67 bits per heavy atom. The maximum Gasteiger partial charge on any atom is 0.453 e. The molecule has 1 N–H and O–H groups in total. The number of carbonyl (C=O) groups is 1. The zero-order valence-corrected chi connectivity index (χ0v) is 18.5. The SMILES string of the molecule is O=C(NCC12CC3CC(CC(C3)C1)C2)C1CCN(c2ccc3nnc(C(F)(F)F)n3n2)CC1. The topological polar surface area (TPSA) is 75.4 Å². The Labute approximate surface area is 190 Å². The zero-order valence-electron chi connectivity index (χ0n) is 18.5. The van der Waals surface area contributed by atoms with Crippen molar-refractivity contribution in [1.29, 1.82) is 0 Å². The molecule has 178 valence electrons. The molecule has 2 aromatic rings. The summed E-state index contributed by atoms with van der Waals surface area (Å²) < 4.78 is 40.2. The van der Waals surface area contributed by atoms with Gasteiger partial charge in [0.1, 0.15) is 5.82 Å². The average Bonchev–Trinajstić information content (AvgIpc) is 3.21. The Morgan fingerprint density at radius 3 is 2.27 bits per heavy atom. The van der Waals surface area contributed by atoms with E-state index < -0.39 is 12.0 Å². The number of halogens is 3. The minimum atomic E-state index is -4.62. The lowest BCUT2D eigenvalue weighted by Gasteiger charge is -2.57. The molecule has 1 aliphatic heterocycles. The van der Waals surface area contributed by atoms with Crippen LogP contribution >= 0.6 is 0 Å². The zero-order chi connectivity index (χ0) is 22.8. The number of rotatable bonds is 4. The quantitative estimate of drug-likeness (QED) is 0.750. The lowest BCUT2D eigenvalue weighted by atomic mass is 9.49. The number of carbonyl (C=O) groups excluding carboxylic acids is 1. The van der Waals surface area contributed by atoms with E-state index in [4.69, 9.17) is 0 Å². The Bertz CT molecular complexity index is 1020. The summed E-state index contributed by atoms with van der Waals surface area (Å²) in [6.07, 6.45) is 4.72. The highest BCUT2D eigenvalue weighted by Gasteiger charge is 2.50. The lowest BCUT2D eigenvalue weighted by Crippen LogP contribution is -2.52. The molecule has 4 saturated carbocycles. The minimum absolute atomic E-state index is 0.0560. The summed E-state index contributed by atoms with van der Waals surface area (Å²) in [6, 6.07) is 3.16. The van der Waals surface area contributed by atoms with Crippen LogP contribution in [0.2, 0.25) is 0 Å². The van der Waals surface area contributed by atoms with Gasteiger partial charge >= 0.3 is 6.18 Å². The van der Waals surface area contributed by atoms with E-state index in [0.717, 1.165) is 28.8 Å². The van der Waals surface area contributed by atoms with Crippen molar-refractivity contribution in [2.45, 2.75) is 57.5 Å². The van der Waals surface area contributed by atoms with Crippen molar-refractivity contribution in [3.63, 3.8) is 0 Å². The van der Waals surface area contributed by atoms with Gasteiger partial charge in [-0.2, -0.15) is 17.7 Å². The van der Waals surface area contributed by atoms with Crippen LogP contribution in [0.1, 0.15) is 57.2 Å². The first-order chi connectivity index (χ1) is 15.8. The van der Waals surface area contributed by atoms with Crippen molar-refractivity contribution in [3.05, 3.63) is 18.0 Å². The summed E-state index contributed by atoms with van der Waals surface area (Å²) >= 11 is 0. The van der Waals surface area contributed by atoms with E-state index in [2.05, 4.69) is 20.6 Å². The predicted octanol–water partition coefficient (Wildman–Crippen LogP) is 3.69. The standard InChI is InChI=1S/C23H29F3N6O/c24-23(25,26)21-29-28-18-1-2-19(30-32(18)21)31-5-3-17(4-6-31)20(33)27-13-22-10-14-7-15(11-22)9-16(8-14)12-22/h1-2,14-17H,3-13H2,(H,27,33). The van der Waals surface area contributed by atoms with Gasteiger partial charge in [-0.1, -0.05) is 0 Å². The minimum Gasteiger partial charge on any atom is -0.355 e. The molecule has 3 heterocycles. The van der Waals surface area contributed by atoms with Gasteiger partial charge in [0, 0.05) is 25.6 Å². The summed E-state index contributed by atoms with van der Waals surface area (Å²) in [7, 11) is 0. The van der Waals surface area contributed by atoms with Crippen molar-refractivity contribution in [1.82, 2.24) is 25.1 Å². The van der Waals surface area contributed by atoms with Crippen LogP contribution in [0.5, 0.6) is 0 Å². The fourth-order valence-corrected chi connectivity index (χ4v) is 7.42. The number of fused-ring (bicyclic) bond motifs is 1. The van der Waals surface area contributed by atoms with Gasteiger partial charge in [0.05, 0.1) is 0 Å². The van der Waals surface area contributed by atoms with E-state index in [1.165, 1.54) is 44.6 Å². The van der Waals surface area contributed by atoms with Crippen LogP contribution in [-0.4, -0.2) is 45.4 Å². The van der Waals surface area contributed by atoms with Crippen LogP contribution in [0.25, 0.3) is 5.65 Å². The summed E-state index contributed by atoms with van der Waals surface area (Å²) in [4.78, 5) is 14.9. The van der Waals surface area contributed by atoms with E-state index in [1.54, 1.807) is 6.07 Å². The predicted molar refractivity (Wildman–Crippen MR) is 114 cm³/mol. The number of hydrogen-bond donors (Lipinski definition) is 1. The number of hydrogen-bond acceptors (Lipinski definition) is 5. The van der Waals surface area contributed by atoms with Gasteiger partial charge in [-0.05, 0) is 86.7 Å². The Morgan fingerprint density at radius 1 is 1.03 bits per heavy atom. The number of alkyl halides is 3. The van der Waals surface area contributed by atoms with Crippen molar-refractivity contribution >= 4 is 17.4 Å². The smallest absolute Gasteiger partial charge is 0.355 e. The molecule has 10 heteroatoms. The van der Waals surface area contributed by atoms with Crippen LogP contribution in [0.4, 0.5) is 19.0 Å². The first-order valence-electron chi connectivity index (χ1n) is 12.1. The maximum atomic E-state index is 13.2. The molecule has 5 aliphatic rings. The van der Waals surface area contributed by atoms with Crippen LogP contribution in [0.3, 0.4) is 0 Å². The molecule has 0 aromatic carbocycles. The summed E-state index contributed by atoms with van der Waals surface area (Å²) in [5.74, 6) is 1.99. The third-order valence-corrected chi connectivity index (χ3v) is 8.49. The van der Waals surface area contributed by atoms with E-state index in [0.29, 0.717) is 37.2 Å². The molecule has 2 aromatic heterocycles. The number of amides is 1. The second kappa shape index (κ2) is 7.56.